The number of aryl methyl sites for hydroxylation is 1. The molecule has 0 bridgehead atoms. The minimum absolute atomic E-state index is 0.579. The van der Waals surface area contributed by atoms with E-state index in [2.05, 4.69) is 4.98 Å². The Balaban J connectivity index is 3.09. The minimum atomic E-state index is 0.579. The number of allylic oxidation sites excluding steroid dienone is 1. The molecule has 0 unspecified atom stereocenters. The molecule has 58 valence electrons. The van der Waals surface area contributed by atoms with Crippen molar-refractivity contribution in [2.24, 2.45) is 0 Å². The zero-order valence-corrected chi connectivity index (χ0v) is 6.83. The van der Waals surface area contributed by atoms with Gasteiger partial charge >= 0.3 is 0 Å². The average Bonchev–Trinajstić information content (AvgIpc) is 1.95. The molecule has 1 rings (SSSR count). The van der Waals surface area contributed by atoms with Gasteiger partial charge < -0.3 is 5.73 Å². The van der Waals surface area contributed by atoms with E-state index in [4.69, 9.17) is 5.73 Å². The first-order valence-electron chi connectivity index (χ1n) is 3.59. The van der Waals surface area contributed by atoms with E-state index in [1.54, 1.807) is 6.20 Å². The predicted molar refractivity (Wildman–Crippen MR) is 48.1 cm³/mol. The first-order chi connectivity index (χ1) is 5.24. The number of anilines is 1. The maximum atomic E-state index is 5.49. The van der Waals surface area contributed by atoms with Crippen LogP contribution in [0.15, 0.2) is 18.3 Å². The van der Waals surface area contributed by atoms with Gasteiger partial charge in [-0.3, -0.25) is 0 Å². The monoisotopic (exact) mass is 148 g/mol. The standard InChI is InChI=1S/C9H12N2/c1-3-4-8-6-11-9(10)5-7(8)2/h3-6H,1-2H3,(H2,10,11)/b4-3+. The summed E-state index contributed by atoms with van der Waals surface area (Å²) in [5.41, 5.74) is 7.78. The third-order valence-corrected chi connectivity index (χ3v) is 1.52. The van der Waals surface area contributed by atoms with Crippen LogP contribution < -0.4 is 5.73 Å². The highest BCUT2D eigenvalue weighted by Crippen LogP contribution is 2.10. The van der Waals surface area contributed by atoms with Crippen molar-refractivity contribution < 1.29 is 0 Å². The maximum absolute atomic E-state index is 5.49. The lowest BCUT2D eigenvalue weighted by Crippen LogP contribution is -1.91. The molecule has 0 atom stereocenters. The van der Waals surface area contributed by atoms with Crippen LogP contribution in [0.5, 0.6) is 0 Å². The van der Waals surface area contributed by atoms with Gasteiger partial charge in [-0.2, -0.15) is 0 Å². The van der Waals surface area contributed by atoms with Crippen molar-refractivity contribution >= 4 is 11.9 Å². The van der Waals surface area contributed by atoms with Crippen molar-refractivity contribution in [2.45, 2.75) is 13.8 Å². The van der Waals surface area contributed by atoms with E-state index < -0.39 is 0 Å². The number of hydrogen-bond acceptors (Lipinski definition) is 2. The molecule has 1 aromatic rings. The van der Waals surface area contributed by atoms with Crippen LogP contribution in [0.25, 0.3) is 6.08 Å². The van der Waals surface area contributed by atoms with Crippen LogP contribution in [0.3, 0.4) is 0 Å². The number of aromatic nitrogens is 1. The van der Waals surface area contributed by atoms with Gasteiger partial charge in [-0.25, -0.2) is 4.98 Å². The molecule has 0 aliphatic carbocycles. The Labute approximate surface area is 66.8 Å². The fraction of sp³-hybridized carbons (Fsp3) is 0.222. The van der Waals surface area contributed by atoms with Crippen LogP contribution in [0.4, 0.5) is 5.82 Å². The van der Waals surface area contributed by atoms with E-state index in [9.17, 15) is 0 Å². The molecule has 2 heteroatoms. The number of pyridine rings is 1. The number of nitrogen functional groups attached to an aromatic ring is 1. The molecule has 0 radical (unpaired) electrons. The fourth-order valence-electron chi connectivity index (χ4n) is 0.942. The third kappa shape index (κ3) is 1.80. The zero-order valence-electron chi connectivity index (χ0n) is 6.83. The predicted octanol–water partition coefficient (Wildman–Crippen LogP) is 2.01. The zero-order chi connectivity index (χ0) is 8.27. The smallest absolute Gasteiger partial charge is 0.123 e. The number of rotatable bonds is 1. The van der Waals surface area contributed by atoms with Crippen LogP contribution >= 0.6 is 0 Å². The Morgan fingerprint density at radius 3 is 2.82 bits per heavy atom. The Kier molecular flexibility index (Phi) is 2.26. The average molecular weight is 148 g/mol. The lowest BCUT2D eigenvalue weighted by molar-refractivity contribution is 1.28. The first-order valence-corrected chi connectivity index (χ1v) is 3.59. The van der Waals surface area contributed by atoms with Gasteiger partial charge in [-0.05, 0) is 31.0 Å². The molecule has 1 aromatic heterocycles. The van der Waals surface area contributed by atoms with Crippen LogP contribution in [-0.2, 0) is 0 Å². The van der Waals surface area contributed by atoms with E-state index in [1.165, 1.54) is 0 Å². The lowest BCUT2D eigenvalue weighted by Gasteiger charge is -1.99. The first kappa shape index (κ1) is 7.79. The van der Waals surface area contributed by atoms with E-state index in [1.807, 2.05) is 32.1 Å². The highest BCUT2D eigenvalue weighted by atomic mass is 14.8. The highest BCUT2D eigenvalue weighted by molar-refractivity contribution is 5.54. The van der Waals surface area contributed by atoms with Crippen LogP contribution in [0, 0.1) is 6.92 Å². The van der Waals surface area contributed by atoms with Crippen molar-refractivity contribution in [3.8, 4) is 0 Å². The second-order valence-electron chi connectivity index (χ2n) is 2.47. The number of nitrogens with zero attached hydrogens (tertiary/aromatic N) is 1. The second kappa shape index (κ2) is 3.19. The largest absolute Gasteiger partial charge is 0.384 e. The molecule has 0 saturated carbocycles. The van der Waals surface area contributed by atoms with Crippen LogP contribution in [0.2, 0.25) is 0 Å². The van der Waals surface area contributed by atoms with E-state index in [0.717, 1.165) is 11.1 Å². The topological polar surface area (TPSA) is 38.9 Å². The summed E-state index contributed by atoms with van der Waals surface area (Å²) in [6, 6.07) is 1.87. The molecule has 0 saturated heterocycles. The summed E-state index contributed by atoms with van der Waals surface area (Å²) in [7, 11) is 0. The Morgan fingerprint density at radius 2 is 2.27 bits per heavy atom. The quantitative estimate of drug-likeness (QED) is 0.661. The molecule has 0 aliphatic heterocycles. The Hall–Kier alpha value is -1.31. The Bertz CT molecular complexity index is 277. The molecular weight excluding hydrogens is 136 g/mol. The summed E-state index contributed by atoms with van der Waals surface area (Å²) in [4.78, 5) is 3.99. The third-order valence-electron chi connectivity index (χ3n) is 1.52. The van der Waals surface area contributed by atoms with Gasteiger partial charge in [-0.1, -0.05) is 12.2 Å². The van der Waals surface area contributed by atoms with Crippen molar-refractivity contribution in [3.63, 3.8) is 0 Å². The second-order valence-corrected chi connectivity index (χ2v) is 2.47. The van der Waals surface area contributed by atoms with Crippen LogP contribution in [-0.4, -0.2) is 4.98 Å². The molecule has 0 amide bonds. The maximum Gasteiger partial charge on any atom is 0.123 e. The molecule has 0 fully saturated rings. The molecule has 2 N–H and O–H groups in total. The van der Waals surface area contributed by atoms with Gasteiger partial charge in [0.05, 0.1) is 0 Å². The molecule has 2 nitrogen and oxygen atoms in total. The summed E-state index contributed by atoms with van der Waals surface area (Å²) in [6.45, 7) is 4.00. The molecule has 1 heterocycles. The van der Waals surface area contributed by atoms with Crippen molar-refractivity contribution in [1.29, 1.82) is 0 Å². The Morgan fingerprint density at radius 1 is 1.55 bits per heavy atom. The molecule has 0 aliphatic rings. The van der Waals surface area contributed by atoms with Gasteiger partial charge in [-0.15, -0.1) is 0 Å². The molecule has 0 aromatic carbocycles. The van der Waals surface area contributed by atoms with E-state index in [-0.39, 0.29) is 0 Å². The summed E-state index contributed by atoms with van der Waals surface area (Å²) >= 11 is 0. The minimum Gasteiger partial charge on any atom is -0.384 e. The van der Waals surface area contributed by atoms with Crippen molar-refractivity contribution in [2.75, 3.05) is 5.73 Å². The van der Waals surface area contributed by atoms with Gasteiger partial charge in [0.15, 0.2) is 0 Å². The summed E-state index contributed by atoms with van der Waals surface area (Å²) in [5.74, 6) is 0.579. The van der Waals surface area contributed by atoms with Gasteiger partial charge in [0.25, 0.3) is 0 Å². The van der Waals surface area contributed by atoms with E-state index in [0.29, 0.717) is 5.82 Å². The SMILES string of the molecule is C/C=C/c1cnc(N)cc1C. The molecule has 0 spiro atoms. The van der Waals surface area contributed by atoms with Gasteiger partial charge in [0, 0.05) is 6.20 Å². The van der Waals surface area contributed by atoms with Gasteiger partial charge in [0.2, 0.25) is 0 Å². The van der Waals surface area contributed by atoms with Crippen molar-refractivity contribution in [3.05, 3.63) is 29.5 Å². The summed E-state index contributed by atoms with van der Waals surface area (Å²) in [5, 5.41) is 0. The highest BCUT2D eigenvalue weighted by Gasteiger charge is 1.93. The molecule has 11 heavy (non-hydrogen) atoms. The lowest BCUT2D eigenvalue weighted by atomic mass is 10.1. The van der Waals surface area contributed by atoms with Gasteiger partial charge in [0.1, 0.15) is 5.82 Å². The van der Waals surface area contributed by atoms with Crippen molar-refractivity contribution in [1.82, 2.24) is 4.98 Å². The van der Waals surface area contributed by atoms with Crippen LogP contribution in [0.1, 0.15) is 18.1 Å². The fourth-order valence-corrected chi connectivity index (χ4v) is 0.942. The number of nitrogens with two attached hydrogens (primary N) is 1. The summed E-state index contributed by atoms with van der Waals surface area (Å²) < 4.78 is 0. The summed E-state index contributed by atoms with van der Waals surface area (Å²) in [6.07, 6.45) is 5.78. The normalized spacial score (nSPS) is 10.7. The number of hydrogen-bond donors (Lipinski definition) is 1. The molecular formula is C9H12N2. The van der Waals surface area contributed by atoms with E-state index >= 15 is 0 Å².